The first-order valence-corrected chi connectivity index (χ1v) is 7.03. The van der Waals surface area contributed by atoms with Crippen LogP contribution in [-0.2, 0) is 4.79 Å². The molecule has 0 spiro atoms. The largest absolute Gasteiger partial charge is 0.481 e. The number of carbonyl (C=O) groups is 2. The van der Waals surface area contributed by atoms with Gasteiger partial charge in [-0.3, -0.25) is 9.59 Å². The summed E-state index contributed by atoms with van der Waals surface area (Å²) in [6.45, 7) is 4.47. The standard InChI is InChI=1S/C15H18ClNO3/c1-10(2)15(14(19)20)7-8-17(9-15)13(18)11-5-3-4-6-12(11)16/h3-6,10H,7-9H2,1-2H3,(H,19,20). The molecular formula is C15H18ClNO3. The van der Waals surface area contributed by atoms with Gasteiger partial charge in [0.15, 0.2) is 0 Å². The predicted molar refractivity (Wildman–Crippen MR) is 76.9 cm³/mol. The summed E-state index contributed by atoms with van der Waals surface area (Å²) < 4.78 is 0. The van der Waals surface area contributed by atoms with E-state index in [9.17, 15) is 14.7 Å². The van der Waals surface area contributed by atoms with Gasteiger partial charge in [0.2, 0.25) is 0 Å². The molecule has 108 valence electrons. The Morgan fingerprint density at radius 1 is 1.35 bits per heavy atom. The Bertz CT molecular complexity index is 544. The molecule has 0 saturated carbocycles. The zero-order valence-corrected chi connectivity index (χ0v) is 12.4. The number of hydrogen-bond donors (Lipinski definition) is 1. The van der Waals surface area contributed by atoms with Crippen LogP contribution in [0.25, 0.3) is 0 Å². The van der Waals surface area contributed by atoms with Gasteiger partial charge in [-0.05, 0) is 24.5 Å². The molecule has 1 aliphatic heterocycles. The molecule has 1 unspecified atom stereocenters. The number of likely N-dealkylation sites (tertiary alicyclic amines) is 1. The van der Waals surface area contributed by atoms with Gasteiger partial charge in [-0.15, -0.1) is 0 Å². The minimum absolute atomic E-state index is 0.0240. The van der Waals surface area contributed by atoms with E-state index < -0.39 is 11.4 Å². The van der Waals surface area contributed by atoms with E-state index in [1.807, 2.05) is 13.8 Å². The zero-order valence-electron chi connectivity index (χ0n) is 11.6. The monoisotopic (exact) mass is 295 g/mol. The fourth-order valence-corrected chi connectivity index (χ4v) is 2.92. The molecular weight excluding hydrogens is 278 g/mol. The molecule has 5 heteroatoms. The molecule has 0 bridgehead atoms. The minimum Gasteiger partial charge on any atom is -0.481 e. The van der Waals surface area contributed by atoms with Crippen LogP contribution < -0.4 is 0 Å². The molecule has 1 fully saturated rings. The van der Waals surface area contributed by atoms with Gasteiger partial charge in [0.25, 0.3) is 5.91 Å². The van der Waals surface area contributed by atoms with Gasteiger partial charge >= 0.3 is 5.97 Å². The van der Waals surface area contributed by atoms with Crippen molar-refractivity contribution in [2.24, 2.45) is 11.3 Å². The van der Waals surface area contributed by atoms with Crippen molar-refractivity contribution in [3.05, 3.63) is 34.9 Å². The molecule has 0 radical (unpaired) electrons. The lowest BCUT2D eigenvalue weighted by atomic mass is 9.76. The highest BCUT2D eigenvalue weighted by molar-refractivity contribution is 6.33. The normalized spacial score (nSPS) is 22.3. The number of nitrogens with zero attached hydrogens (tertiary/aromatic N) is 1. The van der Waals surface area contributed by atoms with Gasteiger partial charge in [0.1, 0.15) is 0 Å². The van der Waals surface area contributed by atoms with Crippen molar-refractivity contribution in [1.82, 2.24) is 4.90 Å². The van der Waals surface area contributed by atoms with Crippen LogP contribution in [0.2, 0.25) is 5.02 Å². The summed E-state index contributed by atoms with van der Waals surface area (Å²) in [6, 6.07) is 6.85. The van der Waals surface area contributed by atoms with E-state index in [0.717, 1.165) is 0 Å². The number of carbonyl (C=O) groups excluding carboxylic acids is 1. The third-order valence-electron chi connectivity index (χ3n) is 4.22. The summed E-state index contributed by atoms with van der Waals surface area (Å²) in [5.74, 6) is -1.05. The molecule has 0 aliphatic carbocycles. The Morgan fingerprint density at radius 2 is 2.00 bits per heavy atom. The molecule has 1 amide bonds. The Balaban J connectivity index is 2.23. The van der Waals surface area contributed by atoms with E-state index in [0.29, 0.717) is 23.6 Å². The number of benzene rings is 1. The Kier molecular flexibility index (Phi) is 4.04. The van der Waals surface area contributed by atoms with E-state index in [1.165, 1.54) is 0 Å². The summed E-state index contributed by atoms with van der Waals surface area (Å²) in [4.78, 5) is 25.6. The maximum absolute atomic E-state index is 12.4. The fourth-order valence-electron chi connectivity index (χ4n) is 2.70. The molecule has 1 N–H and O–H groups in total. The van der Waals surface area contributed by atoms with Crippen molar-refractivity contribution < 1.29 is 14.7 Å². The van der Waals surface area contributed by atoms with E-state index in [1.54, 1.807) is 29.2 Å². The van der Waals surface area contributed by atoms with Gasteiger partial charge in [-0.2, -0.15) is 0 Å². The van der Waals surface area contributed by atoms with Crippen LogP contribution in [0.1, 0.15) is 30.6 Å². The van der Waals surface area contributed by atoms with Crippen LogP contribution >= 0.6 is 11.6 Å². The van der Waals surface area contributed by atoms with Gasteiger partial charge in [-0.1, -0.05) is 37.6 Å². The average Bonchev–Trinajstić information content (AvgIpc) is 2.85. The molecule has 1 saturated heterocycles. The van der Waals surface area contributed by atoms with Crippen molar-refractivity contribution >= 4 is 23.5 Å². The number of halogens is 1. The lowest BCUT2D eigenvalue weighted by Gasteiger charge is -2.28. The van der Waals surface area contributed by atoms with Crippen molar-refractivity contribution in [1.29, 1.82) is 0 Å². The number of rotatable bonds is 3. The molecule has 1 aromatic rings. The van der Waals surface area contributed by atoms with Gasteiger partial charge in [-0.25, -0.2) is 0 Å². The number of hydrogen-bond acceptors (Lipinski definition) is 2. The molecule has 4 nitrogen and oxygen atoms in total. The van der Waals surface area contributed by atoms with Gasteiger partial charge in [0, 0.05) is 13.1 Å². The van der Waals surface area contributed by atoms with Crippen LogP contribution in [0, 0.1) is 11.3 Å². The Morgan fingerprint density at radius 3 is 2.50 bits per heavy atom. The summed E-state index contributed by atoms with van der Waals surface area (Å²) in [7, 11) is 0. The second-order valence-corrected chi connectivity index (χ2v) is 5.98. The quantitative estimate of drug-likeness (QED) is 0.933. The third-order valence-corrected chi connectivity index (χ3v) is 4.55. The van der Waals surface area contributed by atoms with E-state index in [-0.39, 0.29) is 18.4 Å². The lowest BCUT2D eigenvalue weighted by Crippen LogP contribution is -2.40. The van der Waals surface area contributed by atoms with Crippen LogP contribution in [0.5, 0.6) is 0 Å². The highest BCUT2D eigenvalue weighted by Crippen LogP contribution is 2.39. The zero-order chi connectivity index (χ0) is 14.9. The Labute approximate surface area is 123 Å². The van der Waals surface area contributed by atoms with Crippen LogP contribution in [0.15, 0.2) is 24.3 Å². The predicted octanol–water partition coefficient (Wildman–Crippen LogP) is 2.91. The molecule has 1 heterocycles. The van der Waals surface area contributed by atoms with Crippen molar-refractivity contribution in [3.63, 3.8) is 0 Å². The number of amides is 1. The van der Waals surface area contributed by atoms with Crippen molar-refractivity contribution in [2.45, 2.75) is 20.3 Å². The van der Waals surface area contributed by atoms with E-state index in [2.05, 4.69) is 0 Å². The smallest absolute Gasteiger partial charge is 0.311 e. The summed E-state index contributed by atoms with van der Waals surface area (Å²) in [5.41, 5.74) is -0.421. The molecule has 0 aromatic heterocycles. The number of carboxylic acids is 1. The second-order valence-electron chi connectivity index (χ2n) is 5.57. The first-order chi connectivity index (χ1) is 9.38. The maximum Gasteiger partial charge on any atom is 0.311 e. The fraction of sp³-hybridized carbons (Fsp3) is 0.467. The van der Waals surface area contributed by atoms with Gasteiger partial charge in [0.05, 0.1) is 16.0 Å². The highest BCUT2D eigenvalue weighted by Gasteiger charge is 2.48. The summed E-state index contributed by atoms with van der Waals surface area (Å²) in [6.07, 6.45) is 0.482. The highest BCUT2D eigenvalue weighted by atomic mass is 35.5. The SMILES string of the molecule is CC(C)C1(C(=O)O)CCN(C(=O)c2ccccc2Cl)C1. The van der Waals surface area contributed by atoms with Crippen LogP contribution in [-0.4, -0.2) is 35.0 Å². The van der Waals surface area contributed by atoms with Crippen LogP contribution in [0.3, 0.4) is 0 Å². The summed E-state index contributed by atoms with van der Waals surface area (Å²) in [5, 5.41) is 9.89. The van der Waals surface area contributed by atoms with Gasteiger partial charge < -0.3 is 10.0 Å². The van der Waals surface area contributed by atoms with Crippen LogP contribution in [0.4, 0.5) is 0 Å². The van der Waals surface area contributed by atoms with Crippen molar-refractivity contribution in [2.75, 3.05) is 13.1 Å². The second kappa shape index (κ2) is 5.44. The lowest BCUT2D eigenvalue weighted by molar-refractivity contribution is -0.150. The van der Waals surface area contributed by atoms with E-state index in [4.69, 9.17) is 11.6 Å². The average molecular weight is 296 g/mol. The molecule has 20 heavy (non-hydrogen) atoms. The minimum atomic E-state index is -0.850. The topological polar surface area (TPSA) is 57.6 Å². The Hall–Kier alpha value is -1.55. The van der Waals surface area contributed by atoms with Crippen molar-refractivity contribution in [3.8, 4) is 0 Å². The molecule has 1 atom stereocenters. The molecule has 2 rings (SSSR count). The van der Waals surface area contributed by atoms with E-state index >= 15 is 0 Å². The molecule has 1 aliphatic rings. The first kappa shape index (κ1) is 14.9. The molecule has 1 aromatic carbocycles. The maximum atomic E-state index is 12.4. The number of aliphatic carboxylic acids is 1. The number of carboxylic acid groups (broad SMARTS) is 1. The third kappa shape index (κ3) is 2.40. The first-order valence-electron chi connectivity index (χ1n) is 6.65. The summed E-state index contributed by atoms with van der Waals surface area (Å²) >= 11 is 6.03.